The molecule has 6 nitrogen and oxygen atoms in total. The summed E-state index contributed by atoms with van der Waals surface area (Å²) >= 11 is 0. The minimum atomic E-state index is -3.80. The van der Waals surface area contributed by atoms with Gasteiger partial charge in [-0.05, 0) is 22.9 Å². The van der Waals surface area contributed by atoms with E-state index in [-0.39, 0.29) is 4.90 Å². The predicted molar refractivity (Wildman–Crippen MR) is 74.3 cm³/mol. The second-order valence-electron chi connectivity index (χ2n) is 4.28. The van der Waals surface area contributed by atoms with Crippen molar-refractivity contribution in [1.29, 1.82) is 0 Å². The molecule has 0 aliphatic rings. The molecular formula is C13H14N2O4S. The Hall–Kier alpha value is -1.96. The van der Waals surface area contributed by atoms with Gasteiger partial charge in [0.2, 0.25) is 15.9 Å². The van der Waals surface area contributed by atoms with E-state index in [2.05, 4.69) is 4.72 Å². The van der Waals surface area contributed by atoms with Gasteiger partial charge in [0, 0.05) is 6.54 Å². The van der Waals surface area contributed by atoms with Gasteiger partial charge in [-0.15, -0.1) is 0 Å². The van der Waals surface area contributed by atoms with E-state index in [0.29, 0.717) is 0 Å². The van der Waals surface area contributed by atoms with Crippen LogP contribution in [0.2, 0.25) is 0 Å². The minimum Gasteiger partial charge on any atom is -0.382 e. The highest BCUT2D eigenvalue weighted by molar-refractivity contribution is 7.89. The van der Waals surface area contributed by atoms with Crippen molar-refractivity contribution in [3.05, 3.63) is 42.5 Å². The van der Waals surface area contributed by atoms with Crippen molar-refractivity contribution in [3.8, 4) is 0 Å². The van der Waals surface area contributed by atoms with Gasteiger partial charge in [-0.2, -0.15) is 0 Å². The number of rotatable bonds is 5. The molecule has 1 amide bonds. The van der Waals surface area contributed by atoms with Crippen molar-refractivity contribution >= 4 is 26.7 Å². The van der Waals surface area contributed by atoms with Crippen molar-refractivity contribution in [2.24, 2.45) is 5.73 Å². The van der Waals surface area contributed by atoms with Gasteiger partial charge < -0.3 is 10.8 Å². The van der Waals surface area contributed by atoms with Crippen molar-refractivity contribution < 1.29 is 18.3 Å². The van der Waals surface area contributed by atoms with Crippen LogP contribution in [-0.4, -0.2) is 32.1 Å². The normalized spacial score (nSPS) is 13.2. The molecule has 0 aliphatic carbocycles. The molecule has 0 saturated carbocycles. The number of aliphatic hydroxyl groups excluding tert-OH is 1. The monoisotopic (exact) mass is 294 g/mol. The Bertz CT molecular complexity index is 743. The number of hydrogen-bond donors (Lipinski definition) is 3. The third-order valence-corrected chi connectivity index (χ3v) is 4.25. The summed E-state index contributed by atoms with van der Waals surface area (Å²) in [7, 11) is -3.80. The molecular weight excluding hydrogens is 280 g/mol. The number of nitrogens with one attached hydrogen (secondary N) is 1. The van der Waals surface area contributed by atoms with Crippen LogP contribution in [0.3, 0.4) is 0 Å². The van der Waals surface area contributed by atoms with E-state index in [1.165, 1.54) is 12.1 Å². The molecule has 0 aromatic heterocycles. The van der Waals surface area contributed by atoms with Gasteiger partial charge in [0.1, 0.15) is 6.10 Å². The zero-order valence-corrected chi connectivity index (χ0v) is 11.3. The molecule has 4 N–H and O–H groups in total. The third kappa shape index (κ3) is 3.13. The molecule has 0 saturated heterocycles. The average molecular weight is 294 g/mol. The number of amides is 1. The smallest absolute Gasteiger partial charge is 0.247 e. The van der Waals surface area contributed by atoms with Crippen LogP contribution in [0, 0.1) is 0 Å². The number of sulfonamides is 1. The van der Waals surface area contributed by atoms with Crippen molar-refractivity contribution in [3.63, 3.8) is 0 Å². The number of carbonyl (C=O) groups is 1. The Balaban J connectivity index is 2.25. The topological polar surface area (TPSA) is 109 Å². The summed E-state index contributed by atoms with van der Waals surface area (Å²) in [4.78, 5) is 10.7. The SMILES string of the molecule is NC(=O)C(O)CNS(=O)(=O)c1ccc2ccccc2c1. The lowest BCUT2D eigenvalue weighted by atomic mass is 10.1. The van der Waals surface area contributed by atoms with Crippen LogP contribution < -0.4 is 10.5 Å². The Morgan fingerprint density at radius 1 is 1.20 bits per heavy atom. The van der Waals surface area contributed by atoms with E-state index in [0.717, 1.165) is 10.8 Å². The fraction of sp³-hybridized carbons (Fsp3) is 0.154. The van der Waals surface area contributed by atoms with Crippen molar-refractivity contribution in [2.45, 2.75) is 11.0 Å². The van der Waals surface area contributed by atoms with E-state index in [9.17, 15) is 18.3 Å². The van der Waals surface area contributed by atoms with Crippen LogP contribution in [0.1, 0.15) is 0 Å². The standard InChI is InChI=1S/C13H14N2O4S/c14-13(17)12(16)8-15-20(18,19)11-6-5-9-3-1-2-4-10(9)7-11/h1-7,12,15-16H,8H2,(H2,14,17). The molecule has 0 radical (unpaired) electrons. The van der Waals surface area contributed by atoms with Gasteiger partial charge in [0.25, 0.3) is 0 Å². The maximum Gasteiger partial charge on any atom is 0.247 e. The molecule has 0 fully saturated rings. The molecule has 0 aliphatic heterocycles. The van der Waals surface area contributed by atoms with Crippen LogP contribution in [0.15, 0.2) is 47.4 Å². The summed E-state index contributed by atoms with van der Waals surface area (Å²) in [6.45, 7) is -0.454. The van der Waals surface area contributed by atoms with E-state index < -0.39 is 28.6 Å². The molecule has 0 spiro atoms. The Morgan fingerprint density at radius 2 is 1.85 bits per heavy atom. The number of aliphatic hydroxyl groups is 1. The van der Waals surface area contributed by atoms with Crippen LogP contribution in [-0.2, 0) is 14.8 Å². The highest BCUT2D eigenvalue weighted by atomic mass is 32.2. The first-order valence-corrected chi connectivity index (χ1v) is 7.34. The quantitative estimate of drug-likeness (QED) is 0.719. The first-order chi connectivity index (χ1) is 9.40. The summed E-state index contributed by atoms with van der Waals surface area (Å²) in [5.74, 6) is -0.980. The number of nitrogens with two attached hydrogens (primary N) is 1. The molecule has 1 atom stereocenters. The number of fused-ring (bicyclic) bond motifs is 1. The van der Waals surface area contributed by atoms with Gasteiger partial charge in [0.15, 0.2) is 0 Å². The molecule has 1 unspecified atom stereocenters. The molecule has 7 heteroatoms. The second-order valence-corrected chi connectivity index (χ2v) is 6.05. The molecule has 2 aromatic carbocycles. The zero-order chi connectivity index (χ0) is 14.8. The largest absolute Gasteiger partial charge is 0.382 e. The minimum absolute atomic E-state index is 0.0628. The van der Waals surface area contributed by atoms with Crippen LogP contribution >= 0.6 is 0 Å². The van der Waals surface area contributed by atoms with E-state index in [1.807, 2.05) is 18.2 Å². The van der Waals surface area contributed by atoms with Gasteiger partial charge in [-0.3, -0.25) is 4.79 Å². The van der Waals surface area contributed by atoms with Crippen molar-refractivity contribution in [2.75, 3.05) is 6.54 Å². The van der Waals surface area contributed by atoms with E-state index >= 15 is 0 Å². The van der Waals surface area contributed by atoms with Crippen molar-refractivity contribution in [1.82, 2.24) is 4.72 Å². The molecule has 20 heavy (non-hydrogen) atoms. The Kier molecular flexibility index (Phi) is 4.03. The van der Waals surface area contributed by atoms with Crippen LogP contribution in [0.25, 0.3) is 10.8 Å². The zero-order valence-electron chi connectivity index (χ0n) is 10.5. The lowest BCUT2D eigenvalue weighted by Gasteiger charge is -2.10. The molecule has 2 rings (SSSR count). The highest BCUT2D eigenvalue weighted by Gasteiger charge is 2.18. The van der Waals surface area contributed by atoms with E-state index in [4.69, 9.17) is 5.73 Å². The molecule has 0 heterocycles. The Labute approximate surface area is 116 Å². The van der Waals surface area contributed by atoms with Crippen LogP contribution in [0.4, 0.5) is 0 Å². The molecule has 106 valence electrons. The maximum atomic E-state index is 12.0. The van der Waals surface area contributed by atoms with Gasteiger partial charge in [-0.25, -0.2) is 13.1 Å². The second kappa shape index (κ2) is 5.58. The maximum absolute atomic E-state index is 12.0. The summed E-state index contributed by atoms with van der Waals surface area (Å²) in [6, 6.07) is 12.0. The molecule has 2 aromatic rings. The fourth-order valence-corrected chi connectivity index (χ4v) is 2.78. The van der Waals surface area contributed by atoms with Gasteiger partial charge in [-0.1, -0.05) is 30.3 Å². The highest BCUT2D eigenvalue weighted by Crippen LogP contribution is 2.18. The lowest BCUT2D eigenvalue weighted by Crippen LogP contribution is -2.39. The van der Waals surface area contributed by atoms with Gasteiger partial charge in [0.05, 0.1) is 4.90 Å². The first-order valence-electron chi connectivity index (χ1n) is 5.86. The number of carbonyl (C=O) groups excluding carboxylic acids is 1. The summed E-state index contributed by atoms with van der Waals surface area (Å²) in [6.07, 6.45) is -1.55. The molecule has 0 bridgehead atoms. The third-order valence-electron chi connectivity index (χ3n) is 2.83. The summed E-state index contributed by atoms with van der Waals surface area (Å²) in [5.41, 5.74) is 4.85. The van der Waals surface area contributed by atoms with Gasteiger partial charge >= 0.3 is 0 Å². The average Bonchev–Trinajstić information content (AvgIpc) is 2.44. The summed E-state index contributed by atoms with van der Waals surface area (Å²) in [5, 5.41) is 10.9. The summed E-state index contributed by atoms with van der Waals surface area (Å²) < 4.78 is 26.2. The van der Waals surface area contributed by atoms with Crippen LogP contribution in [0.5, 0.6) is 0 Å². The Morgan fingerprint density at radius 3 is 2.50 bits per heavy atom. The predicted octanol–water partition coefficient (Wildman–Crippen LogP) is -0.0357. The number of benzene rings is 2. The van der Waals surface area contributed by atoms with E-state index in [1.54, 1.807) is 12.1 Å². The fourth-order valence-electron chi connectivity index (χ4n) is 1.71. The number of hydrogen-bond acceptors (Lipinski definition) is 4. The lowest BCUT2D eigenvalue weighted by molar-refractivity contribution is -0.125. The number of primary amides is 1. The first kappa shape index (κ1) is 14.4.